The molecule has 3 heterocycles. The number of hydrogen-bond acceptors (Lipinski definition) is 8. The van der Waals surface area contributed by atoms with Gasteiger partial charge in [-0.05, 0) is 67.6 Å². The third-order valence-electron chi connectivity index (χ3n) is 7.97. The van der Waals surface area contributed by atoms with Gasteiger partial charge in [-0.3, -0.25) is 20.2 Å². The zero-order valence-corrected chi connectivity index (χ0v) is 24.4. The fraction of sp³-hybridized carbons (Fsp3) is 0.429. The van der Waals surface area contributed by atoms with Crippen molar-refractivity contribution in [1.29, 1.82) is 0 Å². The Hall–Kier alpha value is -3.84. The van der Waals surface area contributed by atoms with Crippen LogP contribution in [0.5, 0.6) is 0 Å². The van der Waals surface area contributed by atoms with Gasteiger partial charge in [0.25, 0.3) is 5.91 Å². The van der Waals surface area contributed by atoms with Gasteiger partial charge >= 0.3 is 12.2 Å². The molecule has 1 spiro atoms. The Balaban J connectivity index is 1.35. The molecule has 14 heteroatoms. The Morgan fingerprint density at radius 3 is 2.57 bits per heavy atom. The lowest BCUT2D eigenvalue weighted by atomic mass is 9.90. The third-order valence-corrected chi connectivity index (χ3v) is 9.92. The Kier molecular flexibility index (Phi) is 8.33. The average Bonchev–Trinajstić information content (AvgIpc) is 3.38. The Morgan fingerprint density at radius 1 is 1.17 bits per heavy atom. The third kappa shape index (κ3) is 6.46. The average molecular weight is 619 g/mol. The Labute approximate surface area is 248 Å². The molecule has 3 aliphatic rings. The van der Waals surface area contributed by atoms with E-state index in [1.807, 2.05) is 0 Å². The largest absolute Gasteiger partial charge is 0.453 e. The fourth-order valence-corrected chi connectivity index (χ4v) is 7.47. The van der Waals surface area contributed by atoms with E-state index < -0.39 is 39.6 Å². The predicted octanol–water partition coefficient (Wildman–Crippen LogP) is 3.52. The van der Waals surface area contributed by atoms with Gasteiger partial charge in [-0.1, -0.05) is 11.6 Å². The molecule has 2 saturated heterocycles. The first kappa shape index (κ1) is 29.6. The molecule has 2 aromatic carbocycles. The number of benzene rings is 2. The molecule has 5 rings (SSSR count). The van der Waals surface area contributed by atoms with E-state index in [0.717, 1.165) is 0 Å². The highest BCUT2D eigenvalue weighted by atomic mass is 35.5. The van der Waals surface area contributed by atoms with Gasteiger partial charge < -0.3 is 19.7 Å². The van der Waals surface area contributed by atoms with Crippen LogP contribution in [0.4, 0.5) is 21.0 Å². The topological polar surface area (TPSA) is 160 Å². The van der Waals surface area contributed by atoms with Crippen LogP contribution < -0.4 is 16.0 Å². The van der Waals surface area contributed by atoms with Gasteiger partial charge in [-0.25, -0.2) is 18.0 Å². The minimum atomic E-state index is -3.11. The lowest BCUT2D eigenvalue weighted by Gasteiger charge is -2.36. The lowest BCUT2D eigenvalue weighted by Crippen LogP contribution is -2.50. The van der Waals surface area contributed by atoms with Crippen LogP contribution in [0, 0.1) is 5.92 Å². The first-order chi connectivity index (χ1) is 20.0. The quantitative estimate of drug-likeness (QED) is 0.443. The van der Waals surface area contributed by atoms with Crippen LogP contribution in [0.15, 0.2) is 42.5 Å². The second-order valence-electron chi connectivity index (χ2n) is 10.8. The summed E-state index contributed by atoms with van der Waals surface area (Å²) in [5, 5.41) is 8.48. The zero-order chi connectivity index (χ0) is 30.1. The number of methoxy groups -OCH3 is 1. The molecule has 0 saturated carbocycles. The number of hydrogen-bond donors (Lipinski definition) is 3. The molecule has 4 amide bonds. The minimum Gasteiger partial charge on any atom is -0.453 e. The van der Waals surface area contributed by atoms with Crippen molar-refractivity contribution in [1.82, 2.24) is 10.2 Å². The van der Waals surface area contributed by atoms with Crippen LogP contribution in [-0.2, 0) is 29.7 Å². The van der Waals surface area contributed by atoms with E-state index in [4.69, 9.17) is 16.3 Å². The molecule has 2 fully saturated rings. The van der Waals surface area contributed by atoms with Gasteiger partial charge in [0.05, 0.1) is 30.8 Å². The summed E-state index contributed by atoms with van der Waals surface area (Å²) in [5.41, 5.74) is 0.831. The van der Waals surface area contributed by atoms with Crippen LogP contribution in [0.1, 0.15) is 41.6 Å². The Morgan fingerprint density at radius 2 is 1.88 bits per heavy atom. The maximum Gasteiger partial charge on any atom is 0.412 e. The number of nitrogens with one attached hydrogen (secondary N) is 3. The van der Waals surface area contributed by atoms with Crippen molar-refractivity contribution in [2.24, 2.45) is 5.92 Å². The number of anilines is 2. The maximum atomic E-state index is 14.0. The van der Waals surface area contributed by atoms with E-state index in [-0.39, 0.29) is 48.4 Å². The van der Waals surface area contributed by atoms with Crippen molar-refractivity contribution in [2.45, 2.75) is 37.3 Å². The molecule has 0 bridgehead atoms. The van der Waals surface area contributed by atoms with Crippen LogP contribution in [0.25, 0.3) is 0 Å². The molecule has 0 aromatic heterocycles. The van der Waals surface area contributed by atoms with Crippen molar-refractivity contribution in [3.8, 4) is 0 Å². The minimum absolute atomic E-state index is 0.0362. The maximum absolute atomic E-state index is 14.0. The summed E-state index contributed by atoms with van der Waals surface area (Å²) in [5.74, 6) is -0.859. The smallest absolute Gasteiger partial charge is 0.412 e. The second kappa shape index (κ2) is 11.8. The highest BCUT2D eigenvalue weighted by Gasteiger charge is 2.49. The monoisotopic (exact) mass is 618 g/mol. The van der Waals surface area contributed by atoms with Gasteiger partial charge in [0.15, 0.2) is 5.60 Å². The number of sulfone groups is 1. The van der Waals surface area contributed by atoms with Crippen LogP contribution >= 0.6 is 11.6 Å². The summed E-state index contributed by atoms with van der Waals surface area (Å²) < 4.78 is 34.3. The van der Waals surface area contributed by atoms with Crippen molar-refractivity contribution < 1.29 is 37.1 Å². The number of halogens is 1. The molecule has 3 N–H and O–H groups in total. The van der Waals surface area contributed by atoms with Gasteiger partial charge in [0.1, 0.15) is 15.9 Å². The number of carbonyl (C=O) groups excluding carboxylic acids is 4. The molecule has 2 unspecified atom stereocenters. The molecule has 2 atom stereocenters. The first-order valence-electron chi connectivity index (χ1n) is 13.5. The van der Waals surface area contributed by atoms with E-state index in [2.05, 4.69) is 20.7 Å². The van der Waals surface area contributed by atoms with E-state index in [1.54, 1.807) is 23.1 Å². The normalized spacial score (nSPS) is 22.0. The molecule has 224 valence electrons. The Bertz CT molecular complexity index is 1500. The number of likely N-dealkylation sites (tertiary alicyclic amines) is 1. The van der Waals surface area contributed by atoms with E-state index in [1.165, 1.54) is 31.4 Å². The summed E-state index contributed by atoms with van der Waals surface area (Å²) in [6.07, 6.45) is 0.119. The van der Waals surface area contributed by atoms with Crippen molar-refractivity contribution >= 4 is 56.8 Å². The summed E-state index contributed by atoms with van der Waals surface area (Å²) in [6.45, 7) is 0.350. The predicted molar refractivity (Wildman–Crippen MR) is 154 cm³/mol. The highest BCUT2D eigenvalue weighted by Crippen LogP contribution is 2.44. The van der Waals surface area contributed by atoms with Gasteiger partial charge in [-0.2, -0.15) is 0 Å². The van der Waals surface area contributed by atoms with E-state index >= 15 is 0 Å². The number of rotatable bonds is 6. The SMILES string of the molecule is COC(=O)Nc1ccc(C(=O)NC(CC2CCS(=O)(=O)CC2)C(=O)N2CCC3(C2)OC(=O)Nc2ccc(Cl)cc23)cc1. The second-order valence-corrected chi connectivity index (χ2v) is 13.5. The molecule has 2 aromatic rings. The molecule has 12 nitrogen and oxygen atoms in total. The summed E-state index contributed by atoms with van der Waals surface area (Å²) in [4.78, 5) is 52.6. The number of carbonyl (C=O) groups is 4. The molecule has 0 aliphatic carbocycles. The number of nitrogens with zero attached hydrogens (tertiary/aromatic N) is 1. The summed E-state index contributed by atoms with van der Waals surface area (Å²) in [7, 11) is -1.87. The van der Waals surface area contributed by atoms with Crippen molar-refractivity contribution in [2.75, 3.05) is 42.3 Å². The lowest BCUT2D eigenvalue weighted by molar-refractivity contribution is -0.133. The van der Waals surface area contributed by atoms with E-state index in [0.29, 0.717) is 41.2 Å². The van der Waals surface area contributed by atoms with Crippen molar-refractivity contribution in [3.63, 3.8) is 0 Å². The summed E-state index contributed by atoms with van der Waals surface area (Å²) in [6, 6.07) is 10.2. The van der Waals surface area contributed by atoms with Crippen LogP contribution in [0.3, 0.4) is 0 Å². The molecular weight excluding hydrogens is 588 g/mol. The zero-order valence-electron chi connectivity index (χ0n) is 22.9. The van der Waals surface area contributed by atoms with Gasteiger partial charge in [-0.15, -0.1) is 0 Å². The summed E-state index contributed by atoms with van der Waals surface area (Å²) >= 11 is 6.24. The van der Waals surface area contributed by atoms with Gasteiger partial charge in [0.2, 0.25) is 5.91 Å². The molecule has 42 heavy (non-hydrogen) atoms. The van der Waals surface area contributed by atoms with Crippen LogP contribution in [-0.4, -0.2) is 75.1 Å². The standard InChI is InChI=1S/C28H31ClN4O8S/c1-40-26(36)30-20-5-2-18(3-6-20)24(34)31-23(14-17-8-12-42(38,39)13-9-17)25(35)33-11-10-28(16-33)21-15-19(29)4-7-22(21)32-27(37)41-28/h2-7,15,17,23H,8-14,16H2,1H3,(H,30,36)(H,31,34)(H,32,37). The number of ether oxygens (including phenoxy) is 2. The fourth-order valence-electron chi connectivity index (χ4n) is 5.71. The van der Waals surface area contributed by atoms with Gasteiger partial charge in [0, 0.05) is 34.8 Å². The molecule has 0 radical (unpaired) electrons. The molecular formula is C28H31ClN4O8S. The van der Waals surface area contributed by atoms with E-state index in [9.17, 15) is 27.6 Å². The molecule has 3 aliphatic heterocycles. The number of amides is 4. The number of fused-ring (bicyclic) bond motifs is 2. The van der Waals surface area contributed by atoms with Crippen molar-refractivity contribution in [3.05, 3.63) is 58.6 Å². The highest BCUT2D eigenvalue weighted by molar-refractivity contribution is 7.91. The first-order valence-corrected chi connectivity index (χ1v) is 15.7. The van der Waals surface area contributed by atoms with Crippen LogP contribution in [0.2, 0.25) is 5.02 Å².